The number of amides is 1. The van der Waals surface area contributed by atoms with Gasteiger partial charge >= 0.3 is 0 Å². The highest BCUT2D eigenvalue weighted by atomic mass is 19.1. The normalized spacial score (nSPS) is 10.6. The van der Waals surface area contributed by atoms with Crippen LogP contribution < -0.4 is 5.32 Å². The average molecular weight is 275 g/mol. The number of carbonyl (C=O) groups excluding carboxylic acids is 1. The number of rotatable bonds is 4. The summed E-state index contributed by atoms with van der Waals surface area (Å²) in [5.41, 5.74) is 2.83. The molecule has 1 heterocycles. The molecule has 0 saturated heterocycles. The van der Waals surface area contributed by atoms with Crippen LogP contribution in [0.5, 0.6) is 0 Å². The summed E-state index contributed by atoms with van der Waals surface area (Å²) in [5, 5.41) is 7.04. The molecular formula is C15H18FN3O. The van der Waals surface area contributed by atoms with Crippen LogP contribution in [0.25, 0.3) is 0 Å². The van der Waals surface area contributed by atoms with Gasteiger partial charge in [-0.2, -0.15) is 5.10 Å². The first-order valence-corrected chi connectivity index (χ1v) is 6.57. The van der Waals surface area contributed by atoms with E-state index in [9.17, 15) is 9.18 Å². The maximum absolute atomic E-state index is 13.6. The van der Waals surface area contributed by atoms with Crippen LogP contribution in [0.3, 0.4) is 0 Å². The molecule has 0 saturated carbocycles. The SMILES string of the molecule is CCc1nn(C)cc1CNC(=O)c1cc(C)ccc1F. The Hall–Kier alpha value is -2.17. The van der Waals surface area contributed by atoms with Crippen molar-refractivity contribution >= 4 is 5.91 Å². The molecule has 106 valence electrons. The summed E-state index contributed by atoms with van der Waals surface area (Å²) in [6.45, 7) is 4.18. The monoisotopic (exact) mass is 275 g/mol. The van der Waals surface area contributed by atoms with Crippen LogP contribution in [0, 0.1) is 12.7 Å². The highest BCUT2D eigenvalue weighted by Crippen LogP contribution is 2.11. The first-order chi connectivity index (χ1) is 9.51. The van der Waals surface area contributed by atoms with Gasteiger partial charge in [0.1, 0.15) is 5.82 Å². The number of nitrogens with zero attached hydrogens (tertiary/aromatic N) is 2. The van der Waals surface area contributed by atoms with Crippen molar-refractivity contribution < 1.29 is 9.18 Å². The van der Waals surface area contributed by atoms with Gasteiger partial charge in [-0.25, -0.2) is 4.39 Å². The largest absolute Gasteiger partial charge is 0.348 e. The van der Waals surface area contributed by atoms with E-state index in [0.717, 1.165) is 23.2 Å². The van der Waals surface area contributed by atoms with E-state index in [1.165, 1.54) is 6.07 Å². The number of aromatic nitrogens is 2. The number of benzene rings is 1. The summed E-state index contributed by atoms with van der Waals surface area (Å²) in [7, 11) is 1.84. The van der Waals surface area contributed by atoms with Crippen LogP contribution in [0.4, 0.5) is 4.39 Å². The number of hydrogen-bond donors (Lipinski definition) is 1. The topological polar surface area (TPSA) is 46.9 Å². The van der Waals surface area contributed by atoms with E-state index < -0.39 is 11.7 Å². The molecule has 0 spiro atoms. The molecule has 0 bridgehead atoms. The second kappa shape index (κ2) is 5.86. The standard InChI is InChI=1S/C15H18FN3O/c1-4-14-11(9-19(3)18-14)8-17-15(20)12-7-10(2)5-6-13(12)16/h5-7,9H,4,8H2,1-3H3,(H,17,20). The Morgan fingerprint density at radius 3 is 2.90 bits per heavy atom. The van der Waals surface area contributed by atoms with Gasteiger partial charge in [-0.3, -0.25) is 9.48 Å². The molecule has 2 aromatic rings. The van der Waals surface area contributed by atoms with E-state index >= 15 is 0 Å². The van der Waals surface area contributed by atoms with Crippen molar-refractivity contribution in [1.82, 2.24) is 15.1 Å². The van der Waals surface area contributed by atoms with Gasteiger partial charge in [-0.15, -0.1) is 0 Å². The van der Waals surface area contributed by atoms with Gasteiger partial charge in [0.15, 0.2) is 0 Å². The zero-order valence-electron chi connectivity index (χ0n) is 11.9. The fourth-order valence-electron chi connectivity index (χ4n) is 2.11. The molecule has 1 amide bonds. The predicted octanol–water partition coefficient (Wildman–Crippen LogP) is 2.36. The van der Waals surface area contributed by atoms with Crippen molar-refractivity contribution in [3.8, 4) is 0 Å². The Kier molecular flexibility index (Phi) is 4.17. The summed E-state index contributed by atoms with van der Waals surface area (Å²) in [5.74, 6) is -0.910. The number of aryl methyl sites for hydroxylation is 3. The van der Waals surface area contributed by atoms with E-state index in [0.29, 0.717) is 6.54 Å². The molecule has 0 aliphatic carbocycles. The molecule has 1 aromatic carbocycles. The van der Waals surface area contributed by atoms with Crippen LogP contribution >= 0.6 is 0 Å². The summed E-state index contributed by atoms with van der Waals surface area (Å²) >= 11 is 0. The quantitative estimate of drug-likeness (QED) is 0.931. The van der Waals surface area contributed by atoms with Gasteiger partial charge in [-0.05, 0) is 25.5 Å². The number of carbonyl (C=O) groups is 1. The van der Waals surface area contributed by atoms with E-state index in [1.54, 1.807) is 16.8 Å². The lowest BCUT2D eigenvalue weighted by atomic mass is 10.1. The maximum atomic E-state index is 13.6. The van der Waals surface area contributed by atoms with E-state index in [4.69, 9.17) is 0 Å². The first-order valence-electron chi connectivity index (χ1n) is 6.57. The Bertz CT molecular complexity index is 634. The molecule has 4 nitrogen and oxygen atoms in total. The van der Waals surface area contributed by atoms with Gasteiger partial charge < -0.3 is 5.32 Å². The van der Waals surface area contributed by atoms with E-state index in [1.807, 2.05) is 27.1 Å². The summed E-state index contributed by atoms with van der Waals surface area (Å²) in [6.07, 6.45) is 2.66. The van der Waals surface area contributed by atoms with Crippen LogP contribution in [-0.2, 0) is 20.0 Å². The molecule has 0 unspecified atom stereocenters. The molecule has 1 aromatic heterocycles. The highest BCUT2D eigenvalue weighted by molar-refractivity contribution is 5.94. The molecule has 0 radical (unpaired) electrons. The Morgan fingerprint density at radius 1 is 1.45 bits per heavy atom. The molecule has 2 rings (SSSR count). The third kappa shape index (κ3) is 3.04. The molecule has 5 heteroatoms. The fraction of sp³-hybridized carbons (Fsp3) is 0.333. The summed E-state index contributed by atoms with van der Waals surface area (Å²) < 4.78 is 15.3. The number of hydrogen-bond acceptors (Lipinski definition) is 2. The van der Waals surface area contributed by atoms with Gasteiger partial charge in [0.25, 0.3) is 5.91 Å². The van der Waals surface area contributed by atoms with Gasteiger partial charge in [0.2, 0.25) is 0 Å². The lowest BCUT2D eigenvalue weighted by Crippen LogP contribution is -2.24. The third-order valence-electron chi connectivity index (χ3n) is 3.13. The van der Waals surface area contributed by atoms with Crippen molar-refractivity contribution in [3.63, 3.8) is 0 Å². The minimum Gasteiger partial charge on any atom is -0.348 e. The summed E-state index contributed by atoms with van der Waals surface area (Å²) in [4.78, 5) is 12.0. The Morgan fingerprint density at radius 2 is 2.20 bits per heavy atom. The van der Waals surface area contributed by atoms with Crippen LogP contribution in [0.2, 0.25) is 0 Å². The fourth-order valence-corrected chi connectivity index (χ4v) is 2.11. The Balaban J connectivity index is 2.10. The minimum atomic E-state index is -0.505. The second-order valence-electron chi connectivity index (χ2n) is 4.79. The average Bonchev–Trinajstić information content (AvgIpc) is 2.79. The van der Waals surface area contributed by atoms with Crippen LogP contribution in [-0.4, -0.2) is 15.7 Å². The molecule has 1 N–H and O–H groups in total. The molecule has 0 atom stereocenters. The lowest BCUT2D eigenvalue weighted by molar-refractivity contribution is 0.0946. The van der Waals surface area contributed by atoms with Crippen molar-refractivity contribution in [1.29, 1.82) is 0 Å². The van der Waals surface area contributed by atoms with Gasteiger partial charge in [0, 0.05) is 25.4 Å². The molecule has 20 heavy (non-hydrogen) atoms. The molecule has 0 aliphatic rings. The molecule has 0 fully saturated rings. The van der Waals surface area contributed by atoms with Crippen molar-refractivity contribution in [2.75, 3.05) is 0 Å². The minimum absolute atomic E-state index is 0.0759. The maximum Gasteiger partial charge on any atom is 0.254 e. The van der Waals surface area contributed by atoms with Crippen LogP contribution in [0.1, 0.15) is 34.1 Å². The van der Waals surface area contributed by atoms with Crippen molar-refractivity contribution in [2.45, 2.75) is 26.8 Å². The van der Waals surface area contributed by atoms with Gasteiger partial charge in [0.05, 0.1) is 11.3 Å². The highest BCUT2D eigenvalue weighted by Gasteiger charge is 2.13. The molecule has 0 aliphatic heterocycles. The second-order valence-corrected chi connectivity index (χ2v) is 4.79. The smallest absolute Gasteiger partial charge is 0.254 e. The lowest BCUT2D eigenvalue weighted by Gasteiger charge is -2.06. The number of nitrogens with one attached hydrogen (secondary N) is 1. The predicted molar refractivity (Wildman–Crippen MR) is 74.9 cm³/mol. The van der Waals surface area contributed by atoms with Gasteiger partial charge in [-0.1, -0.05) is 18.6 Å². The van der Waals surface area contributed by atoms with E-state index in [-0.39, 0.29) is 5.56 Å². The van der Waals surface area contributed by atoms with Crippen LogP contribution in [0.15, 0.2) is 24.4 Å². The van der Waals surface area contributed by atoms with E-state index in [2.05, 4.69) is 10.4 Å². The zero-order valence-corrected chi connectivity index (χ0v) is 11.9. The Labute approximate surface area is 117 Å². The van der Waals surface area contributed by atoms with Crippen molar-refractivity contribution in [3.05, 3.63) is 52.6 Å². The number of halogens is 1. The third-order valence-corrected chi connectivity index (χ3v) is 3.13. The summed E-state index contributed by atoms with van der Waals surface area (Å²) in [6, 6.07) is 4.50. The van der Waals surface area contributed by atoms with Crippen molar-refractivity contribution in [2.24, 2.45) is 7.05 Å². The molecular weight excluding hydrogens is 257 g/mol. The first kappa shape index (κ1) is 14.2. The zero-order chi connectivity index (χ0) is 14.7.